The Morgan fingerprint density at radius 1 is 1.10 bits per heavy atom. The fourth-order valence-corrected chi connectivity index (χ4v) is 3.24. The zero-order valence-electron chi connectivity index (χ0n) is 11.6. The standard InChI is InChI=1S/C17H18N2S/c1-13-5-4-6-14(11-13)12-18-10-9-17-19-15-7-2-3-8-16(15)20-17/h2-8,11,18H,9-10,12H2,1H3. The molecule has 0 aliphatic rings. The molecule has 0 fully saturated rings. The fraction of sp³-hybridized carbons (Fsp3) is 0.235. The summed E-state index contributed by atoms with van der Waals surface area (Å²) in [4.78, 5) is 4.65. The fourth-order valence-electron chi connectivity index (χ4n) is 2.28. The Labute approximate surface area is 123 Å². The molecule has 0 saturated heterocycles. The average molecular weight is 282 g/mol. The second kappa shape index (κ2) is 6.16. The molecule has 1 heterocycles. The van der Waals surface area contributed by atoms with Crippen LogP contribution in [-0.2, 0) is 13.0 Å². The van der Waals surface area contributed by atoms with Crippen molar-refractivity contribution < 1.29 is 0 Å². The number of benzene rings is 2. The maximum Gasteiger partial charge on any atom is 0.0951 e. The number of aromatic nitrogens is 1. The number of nitrogens with one attached hydrogen (secondary N) is 1. The van der Waals surface area contributed by atoms with E-state index < -0.39 is 0 Å². The first-order valence-electron chi connectivity index (χ1n) is 6.92. The molecule has 20 heavy (non-hydrogen) atoms. The van der Waals surface area contributed by atoms with Gasteiger partial charge in [0, 0.05) is 19.5 Å². The van der Waals surface area contributed by atoms with Crippen LogP contribution in [0, 0.1) is 6.92 Å². The van der Waals surface area contributed by atoms with E-state index in [1.165, 1.54) is 20.8 Å². The van der Waals surface area contributed by atoms with E-state index in [0.29, 0.717) is 0 Å². The Morgan fingerprint density at radius 2 is 2.00 bits per heavy atom. The van der Waals surface area contributed by atoms with Crippen LogP contribution in [0.25, 0.3) is 10.2 Å². The summed E-state index contributed by atoms with van der Waals surface area (Å²) in [6.07, 6.45) is 0.991. The van der Waals surface area contributed by atoms with Crippen molar-refractivity contribution in [1.29, 1.82) is 0 Å². The summed E-state index contributed by atoms with van der Waals surface area (Å²) in [5.74, 6) is 0. The predicted octanol–water partition coefficient (Wildman–Crippen LogP) is 3.94. The third-order valence-corrected chi connectivity index (χ3v) is 4.36. The maximum absolute atomic E-state index is 4.65. The molecule has 0 aliphatic carbocycles. The van der Waals surface area contributed by atoms with Crippen molar-refractivity contribution in [2.75, 3.05) is 6.54 Å². The molecule has 3 aromatic rings. The van der Waals surface area contributed by atoms with E-state index in [-0.39, 0.29) is 0 Å². The number of hydrogen-bond donors (Lipinski definition) is 1. The van der Waals surface area contributed by atoms with Crippen LogP contribution in [0.5, 0.6) is 0 Å². The van der Waals surface area contributed by atoms with Crippen LogP contribution in [0.1, 0.15) is 16.1 Å². The summed E-state index contributed by atoms with van der Waals surface area (Å²) in [7, 11) is 0. The normalized spacial score (nSPS) is 11.1. The molecular formula is C17H18N2S. The highest BCUT2D eigenvalue weighted by atomic mass is 32.1. The van der Waals surface area contributed by atoms with E-state index in [0.717, 1.165) is 25.0 Å². The molecule has 0 aliphatic heterocycles. The summed E-state index contributed by atoms with van der Waals surface area (Å²) in [6.45, 7) is 4.02. The second-order valence-corrected chi connectivity index (χ2v) is 6.11. The Bertz CT molecular complexity index is 670. The topological polar surface area (TPSA) is 24.9 Å². The number of thiazole rings is 1. The summed E-state index contributed by atoms with van der Waals surface area (Å²) in [6, 6.07) is 17.0. The van der Waals surface area contributed by atoms with Gasteiger partial charge >= 0.3 is 0 Å². The van der Waals surface area contributed by atoms with Crippen LogP contribution >= 0.6 is 11.3 Å². The van der Waals surface area contributed by atoms with E-state index in [2.05, 4.69) is 59.7 Å². The SMILES string of the molecule is Cc1cccc(CNCCc2nc3ccccc3s2)c1. The van der Waals surface area contributed by atoms with Crippen molar-refractivity contribution in [2.24, 2.45) is 0 Å². The highest BCUT2D eigenvalue weighted by Crippen LogP contribution is 2.21. The zero-order chi connectivity index (χ0) is 13.8. The highest BCUT2D eigenvalue weighted by Gasteiger charge is 2.02. The van der Waals surface area contributed by atoms with Gasteiger partial charge in [-0.1, -0.05) is 42.0 Å². The molecule has 2 aromatic carbocycles. The summed E-state index contributed by atoms with van der Waals surface area (Å²) in [5.41, 5.74) is 3.77. The molecule has 0 bridgehead atoms. The first-order valence-corrected chi connectivity index (χ1v) is 7.73. The lowest BCUT2D eigenvalue weighted by Crippen LogP contribution is -2.16. The van der Waals surface area contributed by atoms with Crippen molar-refractivity contribution in [3.8, 4) is 0 Å². The van der Waals surface area contributed by atoms with E-state index in [1.807, 2.05) is 6.07 Å². The van der Waals surface area contributed by atoms with Crippen LogP contribution in [0.3, 0.4) is 0 Å². The zero-order valence-corrected chi connectivity index (χ0v) is 12.4. The summed E-state index contributed by atoms with van der Waals surface area (Å²) in [5, 5.41) is 4.70. The largest absolute Gasteiger partial charge is 0.312 e. The molecular weight excluding hydrogens is 264 g/mol. The van der Waals surface area contributed by atoms with Gasteiger partial charge in [0.25, 0.3) is 0 Å². The molecule has 0 saturated carbocycles. The Morgan fingerprint density at radius 3 is 2.85 bits per heavy atom. The third-order valence-electron chi connectivity index (χ3n) is 3.27. The number of para-hydroxylation sites is 1. The second-order valence-electron chi connectivity index (χ2n) is 4.99. The first kappa shape index (κ1) is 13.3. The predicted molar refractivity (Wildman–Crippen MR) is 86.2 cm³/mol. The molecule has 3 heteroatoms. The van der Waals surface area contributed by atoms with Gasteiger partial charge in [-0.3, -0.25) is 0 Å². The summed E-state index contributed by atoms with van der Waals surface area (Å²) >= 11 is 1.79. The Hall–Kier alpha value is -1.71. The van der Waals surface area contributed by atoms with Gasteiger partial charge in [-0.25, -0.2) is 4.98 Å². The van der Waals surface area contributed by atoms with E-state index in [9.17, 15) is 0 Å². The van der Waals surface area contributed by atoms with Crippen molar-refractivity contribution in [3.63, 3.8) is 0 Å². The molecule has 1 aromatic heterocycles. The number of rotatable bonds is 5. The Kier molecular flexibility index (Phi) is 4.09. The molecule has 0 atom stereocenters. The summed E-state index contributed by atoms with van der Waals surface area (Å²) < 4.78 is 1.28. The van der Waals surface area contributed by atoms with Crippen LogP contribution in [0.15, 0.2) is 48.5 Å². The molecule has 0 unspecified atom stereocenters. The lowest BCUT2D eigenvalue weighted by molar-refractivity contribution is 0.685. The van der Waals surface area contributed by atoms with Gasteiger partial charge in [-0.15, -0.1) is 11.3 Å². The molecule has 0 amide bonds. The number of aryl methyl sites for hydroxylation is 1. The van der Waals surface area contributed by atoms with Crippen LogP contribution in [0.2, 0.25) is 0 Å². The lowest BCUT2D eigenvalue weighted by Gasteiger charge is -2.04. The van der Waals surface area contributed by atoms with Crippen molar-refractivity contribution in [1.82, 2.24) is 10.3 Å². The maximum atomic E-state index is 4.65. The highest BCUT2D eigenvalue weighted by molar-refractivity contribution is 7.18. The van der Waals surface area contributed by atoms with Crippen molar-refractivity contribution in [2.45, 2.75) is 19.9 Å². The molecule has 0 spiro atoms. The molecule has 3 rings (SSSR count). The minimum atomic E-state index is 0.923. The third kappa shape index (κ3) is 3.24. The first-order chi connectivity index (χ1) is 9.81. The lowest BCUT2D eigenvalue weighted by atomic mass is 10.1. The molecule has 102 valence electrons. The van der Waals surface area contributed by atoms with Gasteiger partial charge in [-0.2, -0.15) is 0 Å². The van der Waals surface area contributed by atoms with Crippen LogP contribution in [-0.4, -0.2) is 11.5 Å². The quantitative estimate of drug-likeness (QED) is 0.717. The molecule has 1 N–H and O–H groups in total. The van der Waals surface area contributed by atoms with Gasteiger partial charge in [0.15, 0.2) is 0 Å². The van der Waals surface area contributed by atoms with Gasteiger partial charge in [-0.05, 0) is 24.6 Å². The van der Waals surface area contributed by atoms with Crippen molar-refractivity contribution in [3.05, 3.63) is 64.7 Å². The number of fused-ring (bicyclic) bond motifs is 1. The van der Waals surface area contributed by atoms with E-state index >= 15 is 0 Å². The van der Waals surface area contributed by atoms with Crippen LogP contribution < -0.4 is 5.32 Å². The van der Waals surface area contributed by atoms with Gasteiger partial charge in [0.1, 0.15) is 0 Å². The van der Waals surface area contributed by atoms with E-state index in [4.69, 9.17) is 0 Å². The number of nitrogens with zero attached hydrogens (tertiary/aromatic N) is 1. The molecule has 0 radical (unpaired) electrons. The Balaban J connectivity index is 1.52. The van der Waals surface area contributed by atoms with E-state index in [1.54, 1.807) is 11.3 Å². The smallest absolute Gasteiger partial charge is 0.0951 e. The minimum Gasteiger partial charge on any atom is -0.312 e. The average Bonchev–Trinajstić information content (AvgIpc) is 2.86. The minimum absolute atomic E-state index is 0.923. The monoisotopic (exact) mass is 282 g/mol. The van der Waals surface area contributed by atoms with Gasteiger partial charge in [0.2, 0.25) is 0 Å². The van der Waals surface area contributed by atoms with Gasteiger partial charge < -0.3 is 5.32 Å². The number of hydrogen-bond acceptors (Lipinski definition) is 3. The molecule has 2 nitrogen and oxygen atoms in total. The van der Waals surface area contributed by atoms with Crippen molar-refractivity contribution >= 4 is 21.6 Å². The van der Waals surface area contributed by atoms with Gasteiger partial charge in [0.05, 0.1) is 15.2 Å². The van der Waals surface area contributed by atoms with Crippen LogP contribution in [0.4, 0.5) is 0 Å².